The SMILES string of the molecule is Cc1cc2c(C)cc1-c1cc[n+](cc1)Cc1ccc(cc1)C[n+]1ccc(cc1)-c1cc(C)c(cc1C)-c1cc(C)c(cc1C)-c1cc(C)c(cc1C)-c1cc[n+](cc1)Cc1ccc(cc1)C[n+]1ccc(cc1)-c1cc(C)c(cc1C)-c1cc(C)c-2cc1C. The standard InChI is InChI=1S/C84H80N4/c1-53-41-77-57(5)37-73(53)69-21-29-85(30-22-69)49-65-13-15-66(16-14-65)50-86-33-25-71(26-34-86)75-39-59(7)79(43-55(75)3)83-47-64(12)84(48-63(83)11)80-44-56(4)76(40-60(80)8)72-27-35-88(36-28-72)52-68-19-17-67(18-20-68)51-87-31-23-70(24-32-87)74-38-58(6)78(42-54(74)2)82-46-61(9)81(77)45-62(82)10/h13-48H,49-52H2,1-12H3/q+4. The van der Waals surface area contributed by atoms with Crippen LogP contribution in [0.25, 0.3) is 89.0 Å². The average Bonchev–Trinajstić information content (AvgIpc) is 1.95. The monoisotopic (exact) mass is 1140 g/mol. The molecule has 0 atom stereocenters. The van der Waals surface area contributed by atoms with E-state index in [-0.39, 0.29) is 0 Å². The van der Waals surface area contributed by atoms with Crippen molar-refractivity contribution in [1.82, 2.24) is 0 Å². The van der Waals surface area contributed by atoms with Gasteiger partial charge in [0.1, 0.15) is 0 Å². The van der Waals surface area contributed by atoms with E-state index in [4.69, 9.17) is 0 Å². The summed E-state index contributed by atoms with van der Waals surface area (Å²) in [6.45, 7) is 30.4. The Morgan fingerprint density at radius 2 is 0.295 bits per heavy atom. The van der Waals surface area contributed by atoms with Crippen molar-refractivity contribution in [3.8, 4) is 89.0 Å². The van der Waals surface area contributed by atoms with Gasteiger partial charge in [-0.15, -0.1) is 0 Å². The summed E-state index contributed by atoms with van der Waals surface area (Å²) in [4.78, 5) is 0. The van der Waals surface area contributed by atoms with Crippen LogP contribution in [-0.2, 0) is 26.2 Å². The first-order chi connectivity index (χ1) is 42.5. The molecule has 432 valence electrons. The summed E-state index contributed by atoms with van der Waals surface area (Å²) < 4.78 is 9.11. The highest BCUT2D eigenvalue weighted by molar-refractivity contribution is 5.85. The number of rotatable bonds is 0. The minimum absolute atomic E-state index is 0.811. The Morgan fingerprint density at radius 3 is 0.443 bits per heavy atom. The first-order valence-electron chi connectivity index (χ1n) is 31.3. The summed E-state index contributed by atoms with van der Waals surface area (Å²) in [6.07, 6.45) is 17.8. The topological polar surface area (TPSA) is 15.5 Å². The van der Waals surface area contributed by atoms with Gasteiger partial charge in [0.2, 0.25) is 0 Å². The quantitative estimate of drug-likeness (QED) is 0.135. The lowest BCUT2D eigenvalue weighted by atomic mass is 9.86. The zero-order chi connectivity index (χ0) is 61.1. The molecule has 8 aromatic carbocycles. The van der Waals surface area contributed by atoms with Crippen LogP contribution in [0.4, 0.5) is 0 Å². The van der Waals surface area contributed by atoms with E-state index >= 15 is 0 Å². The third kappa shape index (κ3) is 11.5. The molecule has 34 aliphatic rings. The highest BCUT2D eigenvalue weighted by Crippen LogP contribution is 2.41. The molecule has 0 aliphatic carbocycles. The predicted molar refractivity (Wildman–Crippen MR) is 363 cm³/mol. The van der Waals surface area contributed by atoms with Gasteiger partial charge < -0.3 is 0 Å². The summed E-state index contributed by atoms with van der Waals surface area (Å²) in [5.74, 6) is 0. The van der Waals surface area contributed by atoms with Crippen LogP contribution in [0.2, 0.25) is 0 Å². The summed E-state index contributed by atoms with van der Waals surface area (Å²) in [6, 6.07) is 65.1. The van der Waals surface area contributed by atoms with E-state index < -0.39 is 0 Å². The van der Waals surface area contributed by atoms with Crippen molar-refractivity contribution in [3.63, 3.8) is 0 Å². The molecule has 4 nitrogen and oxygen atoms in total. The van der Waals surface area contributed by atoms with Crippen molar-refractivity contribution < 1.29 is 18.3 Å². The van der Waals surface area contributed by atoms with Crippen molar-refractivity contribution in [1.29, 1.82) is 0 Å². The third-order valence-electron chi connectivity index (χ3n) is 18.9. The molecule has 4 aromatic heterocycles. The van der Waals surface area contributed by atoms with Gasteiger partial charge in [-0.2, -0.15) is 0 Å². The Labute approximate surface area is 522 Å². The number of nitrogens with zero attached hydrogens (tertiary/aromatic N) is 4. The van der Waals surface area contributed by atoms with E-state index in [2.05, 4.69) is 321 Å². The van der Waals surface area contributed by atoms with Crippen LogP contribution in [-0.4, -0.2) is 0 Å². The van der Waals surface area contributed by atoms with Crippen molar-refractivity contribution in [3.05, 3.63) is 308 Å². The first kappa shape index (κ1) is 57.4. The Morgan fingerprint density at radius 1 is 0.170 bits per heavy atom. The molecule has 0 radical (unpaired) electrons. The molecule has 4 heteroatoms. The van der Waals surface area contributed by atoms with Crippen molar-refractivity contribution >= 4 is 0 Å². The van der Waals surface area contributed by atoms with Crippen LogP contribution in [0.5, 0.6) is 0 Å². The fourth-order valence-corrected chi connectivity index (χ4v) is 13.8. The summed E-state index contributed by atoms with van der Waals surface area (Å²) in [7, 11) is 0. The second-order valence-corrected chi connectivity index (χ2v) is 25.6. The Hall–Kier alpha value is -9.64. The second-order valence-electron chi connectivity index (χ2n) is 25.6. The number of pyridine rings is 4. The molecule has 34 aliphatic heterocycles. The maximum Gasteiger partial charge on any atom is 0.173 e. The molecular weight excluding hydrogens is 1060 g/mol. The number of benzene rings is 8. The van der Waals surface area contributed by atoms with Crippen LogP contribution in [0.1, 0.15) is 89.0 Å². The van der Waals surface area contributed by atoms with Gasteiger partial charge in [-0.3, -0.25) is 0 Å². The minimum atomic E-state index is 0.811. The van der Waals surface area contributed by atoms with E-state index in [0.717, 1.165) is 26.2 Å². The molecule has 0 unspecified atom stereocenters. The Balaban J connectivity index is 0.795. The van der Waals surface area contributed by atoms with Crippen LogP contribution in [0, 0.1) is 83.1 Å². The lowest BCUT2D eigenvalue weighted by molar-refractivity contribution is -0.688. The molecule has 0 N–H and O–H groups in total. The van der Waals surface area contributed by atoms with Gasteiger partial charge in [0, 0.05) is 70.8 Å². The Bertz CT molecular complexity index is 4060. The van der Waals surface area contributed by atoms with Gasteiger partial charge in [-0.05, 0) is 239 Å². The maximum absolute atomic E-state index is 2.41. The van der Waals surface area contributed by atoms with Gasteiger partial charge >= 0.3 is 0 Å². The molecular formula is C84H80N4+4. The molecule has 0 saturated carbocycles. The van der Waals surface area contributed by atoms with Crippen LogP contribution >= 0.6 is 0 Å². The van der Waals surface area contributed by atoms with Crippen LogP contribution in [0.15, 0.2) is 219 Å². The van der Waals surface area contributed by atoms with Crippen molar-refractivity contribution in [2.45, 2.75) is 109 Å². The van der Waals surface area contributed by atoms with Crippen molar-refractivity contribution in [2.75, 3.05) is 0 Å². The van der Waals surface area contributed by atoms with Gasteiger partial charge in [-0.25, -0.2) is 18.3 Å². The van der Waals surface area contributed by atoms with Crippen LogP contribution < -0.4 is 18.3 Å². The first-order valence-corrected chi connectivity index (χ1v) is 31.3. The number of aryl methyl sites for hydroxylation is 12. The molecule has 0 fully saturated rings. The molecule has 12 aromatic rings. The Kier molecular flexibility index (Phi) is 15.4. The number of aromatic nitrogens is 4. The minimum Gasteiger partial charge on any atom is -0.201 e. The molecule has 24 bridgehead atoms. The van der Waals surface area contributed by atoms with Gasteiger partial charge in [-0.1, -0.05) is 121 Å². The molecule has 0 spiro atoms. The summed E-state index contributed by atoms with van der Waals surface area (Å²) in [5.41, 5.74) is 40.9. The van der Waals surface area contributed by atoms with E-state index in [1.54, 1.807) is 0 Å². The van der Waals surface area contributed by atoms with E-state index in [1.807, 2.05) is 0 Å². The largest absolute Gasteiger partial charge is 0.201 e. The highest BCUT2D eigenvalue weighted by atomic mass is 14.9. The number of hydrogen-bond acceptors (Lipinski definition) is 0. The van der Waals surface area contributed by atoms with E-state index in [0.29, 0.717) is 0 Å². The molecule has 0 saturated heterocycles. The maximum atomic E-state index is 2.41. The second kappa shape index (κ2) is 23.6. The summed E-state index contributed by atoms with van der Waals surface area (Å²) >= 11 is 0. The zero-order valence-electron chi connectivity index (χ0n) is 53.4. The predicted octanol–water partition coefficient (Wildman–Crippen LogP) is 18.4. The molecule has 46 rings (SSSR count). The molecule has 38 heterocycles. The van der Waals surface area contributed by atoms with Gasteiger partial charge in [0.15, 0.2) is 75.8 Å². The van der Waals surface area contributed by atoms with E-state index in [9.17, 15) is 0 Å². The lowest BCUT2D eigenvalue weighted by Gasteiger charge is -2.19. The van der Waals surface area contributed by atoms with Gasteiger partial charge in [0.25, 0.3) is 0 Å². The van der Waals surface area contributed by atoms with Crippen LogP contribution in [0.3, 0.4) is 0 Å². The van der Waals surface area contributed by atoms with E-state index in [1.165, 1.54) is 178 Å². The highest BCUT2D eigenvalue weighted by Gasteiger charge is 2.20. The lowest BCUT2D eigenvalue weighted by Crippen LogP contribution is -2.34. The normalized spacial score (nSPS) is 12.1. The summed E-state index contributed by atoms with van der Waals surface area (Å²) in [5, 5.41) is 0. The fraction of sp³-hybridized carbons (Fsp3) is 0.190. The number of hydrogen-bond donors (Lipinski definition) is 0. The van der Waals surface area contributed by atoms with Gasteiger partial charge in [0.05, 0.1) is 0 Å². The zero-order valence-corrected chi connectivity index (χ0v) is 53.4. The molecule has 0 amide bonds. The average molecular weight is 1150 g/mol. The fourth-order valence-electron chi connectivity index (χ4n) is 13.8. The molecule has 88 heavy (non-hydrogen) atoms. The smallest absolute Gasteiger partial charge is 0.173 e. The van der Waals surface area contributed by atoms with Crippen molar-refractivity contribution in [2.24, 2.45) is 0 Å². The third-order valence-corrected chi connectivity index (χ3v) is 18.9.